The van der Waals surface area contributed by atoms with Gasteiger partial charge in [0, 0.05) is 11.6 Å². The zero-order valence-corrected chi connectivity index (χ0v) is 15.3. The van der Waals surface area contributed by atoms with Crippen molar-refractivity contribution in [3.8, 4) is 5.75 Å². The first-order chi connectivity index (χ1) is 12.7. The van der Waals surface area contributed by atoms with Gasteiger partial charge in [0.2, 0.25) is 0 Å². The van der Waals surface area contributed by atoms with E-state index in [1.165, 1.54) is 11.1 Å². The molecule has 0 aliphatic carbocycles. The molecule has 1 aromatic heterocycles. The number of hydrogen-bond donors (Lipinski definition) is 0. The summed E-state index contributed by atoms with van der Waals surface area (Å²) in [5.74, 6) is 1.69. The Kier molecular flexibility index (Phi) is 4.63. The van der Waals surface area contributed by atoms with Crippen molar-refractivity contribution in [2.75, 3.05) is 0 Å². The first-order valence-corrected chi connectivity index (χ1v) is 8.95. The Balaban J connectivity index is 1.67. The second kappa shape index (κ2) is 7.22. The van der Waals surface area contributed by atoms with Crippen LogP contribution in [0, 0.1) is 6.92 Å². The van der Waals surface area contributed by atoms with Gasteiger partial charge in [-0.15, -0.1) is 0 Å². The highest BCUT2D eigenvalue weighted by Gasteiger charge is 2.12. The van der Waals surface area contributed by atoms with E-state index < -0.39 is 0 Å². The van der Waals surface area contributed by atoms with Gasteiger partial charge in [-0.2, -0.15) is 0 Å². The Hall–Kier alpha value is -2.78. The van der Waals surface area contributed by atoms with Crippen LogP contribution in [0.15, 0.2) is 72.8 Å². The fourth-order valence-corrected chi connectivity index (χ4v) is 3.17. The summed E-state index contributed by atoms with van der Waals surface area (Å²) in [6.07, 6.45) is 0. The molecule has 0 saturated carbocycles. The van der Waals surface area contributed by atoms with Gasteiger partial charge in [0.25, 0.3) is 0 Å². The van der Waals surface area contributed by atoms with E-state index in [2.05, 4.69) is 41.8 Å². The molecule has 3 nitrogen and oxygen atoms in total. The first-order valence-electron chi connectivity index (χ1n) is 8.58. The van der Waals surface area contributed by atoms with Gasteiger partial charge >= 0.3 is 0 Å². The number of aryl methyl sites for hydroxylation is 1. The van der Waals surface area contributed by atoms with Gasteiger partial charge in [-0.1, -0.05) is 48.0 Å². The highest BCUT2D eigenvalue weighted by molar-refractivity contribution is 6.30. The van der Waals surface area contributed by atoms with Gasteiger partial charge in [0.15, 0.2) is 0 Å². The van der Waals surface area contributed by atoms with Crippen LogP contribution in [-0.4, -0.2) is 9.55 Å². The van der Waals surface area contributed by atoms with Crippen LogP contribution in [0.3, 0.4) is 0 Å². The minimum Gasteiger partial charge on any atom is -0.486 e. The Morgan fingerprint density at radius 3 is 2.46 bits per heavy atom. The largest absolute Gasteiger partial charge is 0.486 e. The third kappa shape index (κ3) is 3.44. The molecule has 0 aliphatic heterocycles. The van der Waals surface area contributed by atoms with Crippen LogP contribution in [0.4, 0.5) is 0 Å². The van der Waals surface area contributed by atoms with Crippen LogP contribution in [0.25, 0.3) is 11.0 Å². The number of nitrogens with zero attached hydrogens (tertiary/aromatic N) is 2. The van der Waals surface area contributed by atoms with E-state index in [1.54, 1.807) is 0 Å². The molecule has 0 amide bonds. The molecular formula is C22H19ClN2O. The molecular weight excluding hydrogens is 344 g/mol. The highest BCUT2D eigenvalue weighted by Crippen LogP contribution is 2.22. The number of halogens is 1. The quantitative estimate of drug-likeness (QED) is 0.460. The number of ether oxygens (including phenoxy) is 1. The average molecular weight is 363 g/mol. The molecule has 130 valence electrons. The molecule has 0 fully saturated rings. The van der Waals surface area contributed by atoms with Crippen LogP contribution in [0.1, 0.15) is 17.0 Å². The summed E-state index contributed by atoms with van der Waals surface area (Å²) in [7, 11) is 0. The van der Waals surface area contributed by atoms with E-state index in [-0.39, 0.29) is 0 Å². The van der Waals surface area contributed by atoms with E-state index in [1.807, 2.05) is 42.5 Å². The van der Waals surface area contributed by atoms with Crippen molar-refractivity contribution in [1.82, 2.24) is 9.55 Å². The Morgan fingerprint density at radius 1 is 0.923 bits per heavy atom. The minimum atomic E-state index is 0.405. The maximum absolute atomic E-state index is 5.94. The second-order valence-corrected chi connectivity index (χ2v) is 6.71. The number of rotatable bonds is 5. The molecule has 3 aromatic carbocycles. The second-order valence-electron chi connectivity index (χ2n) is 6.27. The lowest BCUT2D eigenvalue weighted by Gasteiger charge is -2.12. The molecule has 4 rings (SSSR count). The minimum absolute atomic E-state index is 0.405. The molecule has 0 N–H and O–H groups in total. The van der Waals surface area contributed by atoms with E-state index in [0.717, 1.165) is 29.2 Å². The van der Waals surface area contributed by atoms with Crippen LogP contribution in [-0.2, 0) is 13.2 Å². The van der Waals surface area contributed by atoms with Crippen LogP contribution in [0.2, 0.25) is 5.02 Å². The van der Waals surface area contributed by atoms with Crippen LogP contribution in [0.5, 0.6) is 5.75 Å². The molecule has 0 spiro atoms. The van der Waals surface area contributed by atoms with Gasteiger partial charge < -0.3 is 9.30 Å². The molecule has 1 heterocycles. The Bertz CT molecular complexity index is 1040. The standard InChI is InChI=1S/C22H19ClN2O/c1-16-6-2-3-7-17(16)14-25-21-9-5-4-8-20(21)24-22(25)15-26-19-12-10-18(23)11-13-19/h2-13H,14-15H2,1H3. The van der Waals surface area contributed by atoms with Crippen molar-refractivity contribution in [1.29, 1.82) is 0 Å². The number of fused-ring (bicyclic) bond motifs is 1. The topological polar surface area (TPSA) is 27.1 Å². The maximum Gasteiger partial charge on any atom is 0.148 e. The predicted molar refractivity (Wildman–Crippen MR) is 106 cm³/mol. The molecule has 0 bridgehead atoms. The Labute approximate surface area is 157 Å². The summed E-state index contributed by atoms with van der Waals surface area (Å²) in [6, 6.07) is 24.0. The number of imidazole rings is 1. The fraction of sp³-hybridized carbons (Fsp3) is 0.136. The summed E-state index contributed by atoms with van der Waals surface area (Å²) in [4.78, 5) is 4.78. The molecule has 0 radical (unpaired) electrons. The van der Waals surface area contributed by atoms with Crippen molar-refractivity contribution < 1.29 is 4.74 Å². The van der Waals surface area contributed by atoms with Crippen LogP contribution >= 0.6 is 11.6 Å². The average Bonchev–Trinajstić information content (AvgIpc) is 3.01. The van der Waals surface area contributed by atoms with Gasteiger partial charge in [-0.25, -0.2) is 4.98 Å². The molecule has 0 atom stereocenters. The Morgan fingerprint density at radius 2 is 1.65 bits per heavy atom. The molecule has 4 aromatic rings. The van der Waals surface area contributed by atoms with Gasteiger partial charge in [0.05, 0.1) is 11.0 Å². The van der Waals surface area contributed by atoms with Gasteiger partial charge in [-0.05, 0) is 54.4 Å². The fourth-order valence-electron chi connectivity index (χ4n) is 3.05. The van der Waals surface area contributed by atoms with E-state index in [9.17, 15) is 0 Å². The summed E-state index contributed by atoms with van der Waals surface area (Å²) in [5.41, 5.74) is 4.65. The SMILES string of the molecule is Cc1ccccc1Cn1c(COc2ccc(Cl)cc2)nc2ccccc21. The van der Waals surface area contributed by atoms with Crippen molar-refractivity contribution in [2.45, 2.75) is 20.1 Å². The zero-order chi connectivity index (χ0) is 17.9. The van der Waals surface area contributed by atoms with Crippen molar-refractivity contribution in [3.63, 3.8) is 0 Å². The lowest BCUT2D eigenvalue weighted by atomic mass is 10.1. The smallest absolute Gasteiger partial charge is 0.148 e. The van der Waals surface area contributed by atoms with E-state index in [0.29, 0.717) is 11.6 Å². The highest BCUT2D eigenvalue weighted by atomic mass is 35.5. The number of aromatic nitrogens is 2. The summed E-state index contributed by atoms with van der Waals surface area (Å²) < 4.78 is 8.17. The van der Waals surface area contributed by atoms with Gasteiger partial charge in [-0.3, -0.25) is 0 Å². The number of benzene rings is 3. The number of hydrogen-bond acceptors (Lipinski definition) is 2. The molecule has 26 heavy (non-hydrogen) atoms. The monoisotopic (exact) mass is 362 g/mol. The van der Waals surface area contributed by atoms with Crippen molar-refractivity contribution in [2.24, 2.45) is 0 Å². The van der Waals surface area contributed by atoms with E-state index in [4.69, 9.17) is 21.3 Å². The normalized spacial score (nSPS) is 11.0. The molecule has 0 aliphatic rings. The third-order valence-electron chi connectivity index (χ3n) is 4.50. The summed E-state index contributed by atoms with van der Waals surface area (Å²) in [6.45, 7) is 3.31. The summed E-state index contributed by atoms with van der Waals surface area (Å²) >= 11 is 5.94. The summed E-state index contributed by atoms with van der Waals surface area (Å²) in [5, 5.41) is 0.698. The van der Waals surface area contributed by atoms with Crippen molar-refractivity contribution >= 4 is 22.6 Å². The lowest BCUT2D eigenvalue weighted by molar-refractivity contribution is 0.291. The van der Waals surface area contributed by atoms with Crippen LogP contribution < -0.4 is 4.74 Å². The number of para-hydroxylation sites is 2. The molecule has 4 heteroatoms. The molecule has 0 saturated heterocycles. The zero-order valence-electron chi connectivity index (χ0n) is 14.5. The first kappa shape index (κ1) is 16.7. The lowest BCUT2D eigenvalue weighted by Crippen LogP contribution is -2.09. The predicted octanol–water partition coefficient (Wildman–Crippen LogP) is 5.63. The van der Waals surface area contributed by atoms with E-state index >= 15 is 0 Å². The third-order valence-corrected chi connectivity index (χ3v) is 4.76. The maximum atomic E-state index is 5.94. The van der Waals surface area contributed by atoms with Crippen molar-refractivity contribution in [3.05, 3.63) is 94.8 Å². The molecule has 0 unspecified atom stereocenters. The van der Waals surface area contributed by atoms with Gasteiger partial charge in [0.1, 0.15) is 18.2 Å².